The molecule has 0 aromatic heterocycles. The molecule has 1 amide bonds. The molecule has 6 N–H and O–H groups in total. The zero-order valence-electron chi connectivity index (χ0n) is 56.9. The first kappa shape index (κ1) is 81.9. The first-order chi connectivity index (χ1) is 41.8. The van der Waals surface area contributed by atoms with Gasteiger partial charge in [0.25, 0.3) is 0 Å². The van der Waals surface area contributed by atoms with Crippen molar-refractivity contribution in [1.29, 1.82) is 0 Å². The van der Waals surface area contributed by atoms with Gasteiger partial charge in [-0.15, -0.1) is 0 Å². The predicted molar refractivity (Wildman–Crippen MR) is 364 cm³/mol. The van der Waals surface area contributed by atoms with E-state index in [4.69, 9.17) is 9.47 Å². The van der Waals surface area contributed by atoms with Gasteiger partial charge in [-0.1, -0.05) is 398 Å². The maximum atomic E-state index is 13.1. The van der Waals surface area contributed by atoms with Crippen molar-refractivity contribution in [3.8, 4) is 0 Å². The van der Waals surface area contributed by atoms with Crippen LogP contribution >= 0.6 is 0 Å². The van der Waals surface area contributed by atoms with Crippen LogP contribution in [0.4, 0.5) is 0 Å². The molecule has 0 bridgehead atoms. The minimum Gasteiger partial charge on any atom is -0.394 e. The number of aliphatic hydroxyl groups is 5. The lowest BCUT2D eigenvalue weighted by molar-refractivity contribution is -0.302. The minimum atomic E-state index is -1.56. The summed E-state index contributed by atoms with van der Waals surface area (Å²) in [7, 11) is 0. The number of unbranched alkanes of at least 4 members (excludes halogenated alkanes) is 59. The summed E-state index contributed by atoms with van der Waals surface area (Å²) in [6.45, 7) is 3.85. The standard InChI is InChI=1S/C76H149NO8/c1-3-5-7-9-11-13-15-17-19-21-23-25-26-27-28-29-30-31-32-33-34-35-36-37-38-39-40-41-42-43-44-46-48-50-52-54-56-58-60-62-64-66-72(80)77-69(68-84-76-75(83)74(82)73(81)71(67-78)85-76)70(79)65-63-61-59-57-55-53-51-49-47-45-24-22-20-18-16-14-12-10-8-6-4-2/h63,65,69-71,73-76,78-79,81-83H,3-62,64,66-68H2,1-2H3,(H,77,80)/b65-63+. The Morgan fingerprint density at radius 3 is 0.918 bits per heavy atom. The zero-order chi connectivity index (χ0) is 61.4. The maximum absolute atomic E-state index is 13.1. The largest absolute Gasteiger partial charge is 0.394 e. The number of carbonyl (C=O) groups is 1. The summed E-state index contributed by atoms with van der Waals surface area (Å²) in [5.41, 5.74) is 0. The van der Waals surface area contributed by atoms with E-state index in [-0.39, 0.29) is 12.5 Å². The van der Waals surface area contributed by atoms with Crippen LogP contribution in [0.3, 0.4) is 0 Å². The second-order valence-corrected chi connectivity index (χ2v) is 27.2. The van der Waals surface area contributed by atoms with Crippen molar-refractivity contribution >= 4 is 5.91 Å². The van der Waals surface area contributed by atoms with Crippen molar-refractivity contribution < 1.29 is 39.8 Å². The Balaban J connectivity index is 2.01. The molecule has 1 saturated heterocycles. The Morgan fingerprint density at radius 2 is 0.647 bits per heavy atom. The Bertz CT molecular complexity index is 1350. The SMILES string of the molecule is CCCCCCCCCCCCCCCCCCCCC/C=C/C(O)C(COC1OC(CO)C(O)C(O)C1O)NC(=O)CCCCCCCCCCCCCCCCCCCCCCCCCCCCCCCCCCCCCCCCCCC. The van der Waals surface area contributed by atoms with E-state index in [0.29, 0.717) is 6.42 Å². The van der Waals surface area contributed by atoms with Crippen LogP contribution in [0.1, 0.15) is 412 Å². The molecule has 1 rings (SSSR count). The predicted octanol–water partition coefficient (Wildman–Crippen LogP) is 21.4. The van der Waals surface area contributed by atoms with Crippen LogP contribution in [0.25, 0.3) is 0 Å². The molecule has 1 aliphatic heterocycles. The van der Waals surface area contributed by atoms with E-state index >= 15 is 0 Å². The monoisotopic (exact) mass is 1200 g/mol. The second kappa shape index (κ2) is 65.9. The maximum Gasteiger partial charge on any atom is 0.220 e. The fraction of sp³-hybridized carbons (Fsp3) is 0.961. The van der Waals surface area contributed by atoms with Gasteiger partial charge >= 0.3 is 0 Å². The normalized spacial score (nSPS) is 18.0. The lowest BCUT2D eigenvalue weighted by Crippen LogP contribution is -2.60. The molecule has 0 aromatic carbocycles. The van der Waals surface area contributed by atoms with Gasteiger partial charge in [-0.2, -0.15) is 0 Å². The fourth-order valence-corrected chi connectivity index (χ4v) is 12.9. The van der Waals surface area contributed by atoms with E-state index in [1.54, 1.807) is 6.08 Å². The molecule has 1 fully saturated rings. The van der Waals surface area contributed by atoms with Crippen LogP contribution in [-0.4, -0.2) is 87.5 Å². The molecule has 506 valence electrons. The summed E-state index contributed by atoms with van der Waals surface area (Å²) in [5, 5.41) is 54.8. The number of allylic oxidation sites excluding steroid dienone is 1. The van der Waals surface area contributed by atoms with E-state index in [0.717, 1.165) is 38.5 Å². The van der Waals surface area contributed by atoms with Crippen LogP contribution in [0.15, 0.2) is 12.2 Å². The summed E-state index contributed by atoms with van der Waals surface area (Å²) < 4.78 is 11.3. The van der Waals surface area contributed by atoms with Gasteiger partial charge in [-0.3, -0.25) is 4.79 Å². The lowest BCUT2D eigenvalue weighted by atomic mass is 9.99. The van der Waals surface area contributed by atoms with Crippen LogP contribution in [0.5, 0.6) is 0 Å². The van der Waals surface area contributed by atoms with Crippen molar-refractivity contribution in [2.45, 2.75) is 455 Å². The average Bonchev–Trinajstić information content (AvgIpc) is 3.71. The van der Waals surface area contributed by atoms with Gasteiger partial charge in [0.15, 0.2) is 6.29 Å². The van der Waals surface area contributed by atoms with Crippen LogP contribution < -0.4 is 5.32 Å². The fourth-order valence-electron chi connectivity index (χ4n) is 12.9. The molecule has 0 saturated carbocycles. The van der Waals surface area contributed by atoms with Crippen LogP contribution in [-0.2, 0) is 14.3 Å². The van der Waals surface area contributed by atoms with Gasteiger partial charge in [0, 0.05) is 6.42 Å². The van der Waals surface area contributed by atoms with Crippen molar-refractivity contribution in [3.05, 3.63) is 12.2 Å². The summed E-state index contributed by atoms with van der Waals surface area (Å²) in [6.07, 6.45) is 79.4. The Labute approximate surface area is 528 Å². The molecule has 1 heterocycles. The highest BCUT2D eigenvalue weighted by atomic mass is 16.7. The molecule has 0 spiro atoms. The van der Waals surface area contributed by atoms with E-state index < -0.39 is 49.5 Å². The molecule has 0 aliphatic carbocycles. The molecule has 0 aromatic rings. The zero-order valence-corrected chi connectivity index (χ0v) is 56.9. The number of hydrogen-bond acceptors (Lipinski definition) is 8. The third-order valence-electron chi connectivity index (χ3n) is 18.9. The highest BCUT2D eigenvalue weighted by molar-refractivity contribution is 5.76. The summed E-state index contributed by atoms with van der Waals surface area (Å²) >= 11 is 0. The summed E-state index contributed by atoms with van der Waals surface area (Å²) in [6, 6.07) is -0.802. The van der Waals surface area contributed by atoms with E-state index in [9.17, 15) is 30.3 Å². The number of aliphatic hydroxyl groups excluding tert-OH is 5. The number of hydrogen-bond donors (Lipinski definition) is 6. The van der Waals surface area contributed by atoms with Gasteiger partial charge < -0.3 is 40.3 Å². The molecule has 7 atom stereocenters. The summed E-state index contributed by atoms with van der Waals surface area (Å²) in [4.78, 5) is 13.1. The van der Waals surface area contributed by atoms with Crippen molar-refractivity contribution in [3.63, 3.8) is 0 Å². The Hall–Kier alpha value is -1.07. The van der Waals surface area contributed by atoms with E-state index in [1.807, 2.05) is 6.08 Å². The van der Waals surface area contributed by atoms with Gasteiger partial charge in [0.2, 0.25) is 5.91 Å². The number of amides is 1. The lowest BCUT2D eigenvalue weighted by Gasteiger charge is -2.40. The molecule has 9 heteroatoms. The topological polar surface area (TPSA) is 149 Å². The highest BCUT2D eigenvalue weighted by Crippen LogP contribution is 2.24. The first-order valence-electron chi connectivity index (χ1n) is 38.4. The van der Waals surface area contributed by atoms with Crippen molar-refractivity contribution in [2.24, 2.45) is 0 Å². The van der Waals surface area contributed by atoms with Crippen LogP contribution in [0, 0.1) is 0 Å². The molecule has 85 heavy (non-hydrogen) atoms. The average molecular weight is 1210 g/mol. The van der Waals surface area contributed by atoms with Gasteiger partial charge in [-0.25, -0.2) is 0 Å². The summed E-state index contributed by atoms with van der Waals surface area (Å²) in [5.74, 6) is -0.166. The highest BCUT2D eigenvalue weighted by Gasteiger charge is 2.44. The molecular formula is C76H149NO8. The molecule has 7 unspecified atom stereocenters. The van der Waals surface area contributed by atoms with Crippen LogP contribution in [0.2, 0.25) is 0 Å². The third kappa shape index (κ3) is 54.4. The minimum absolute atomic E-state index is 0.166. The molecular weight excluding hydrogens is 1050 g/mol. The van der Waals surface area contributed by atoms with Gasteiger partial charge in [0.1, 0.15) is 24.4 Å². The molecule has 1 aliphatic rings. The first-order valence-corrected chi connectivity index (χ1v) is 38.4. The quantitative estimate of drug-likeness (QED) is 0.0261. The van der Waals surface area contributed by atoms with E-state index in [2.05, 4.69) is 19.2 Å². The number of rotatable bonds is 69. The molecule has 0 radical (unpaired) electrons. The van der Waals surface area contributed by atoms with Gasteiger partial charge in [0.05, 0.1) is 25.4 Å². The van der Waals surface area contributed by atoms with Gasteiger partial charge in [-0.05, 0) is 19.3 Å². The Morgan fingerprint density at radius 1 is 0.388 bits per heavy atom. The number of nitrogens with one attached hydrogen (secondary N) is 1. The third-order valence-corrected chi connectivity index (χ3v) is 18.9. The number of ether oxygens (including phenoxy) is 2. The molecule has 9 nitrogen and oxygen atoms in total. The Kier molecular flexibility index (Phi) is 63.5. The smallest absolute Gasteiger partial charge is 0.220 e. The van der Waals surface area contributed by atoms with E-state index in [1.165, 1.54) is 353 Å². The van der Waals surface area contributed by atoms with Crippen molar-refractivity contribution in [1.82, 2.24) is 5.32 Å². The van der Waals surface area contributed by atoms with Crippen molar-refractivity contribution in [2.75, 3.05) is 13.2 Å². The second-order valence-electron chi connectivity index (χ2n) is 27.2. The number of carbonyl (C=O) groups excluding carboxylic acids is 1.